The van der Waals surface area contributed by atoms with E-state index in [-0.39, 0.29) is 6.04 Å². The van der Waals surface area contributed by atoms with Crippen LogP contribution in [0.1, 0.15) is 44.7 Å². The Bertz CT molecular complexity index is 430. The molecule has 0 aromatic heterocycles. The van der Waals surface area contributed by atoms with E-state index in [2.05, 4.69) is 17.1 Å². The van der Waals surface area contributed by atoms with Crippen LogP contribution in [0.2, 0.25) is 0 Å². The first-order valence-corrected chi connectivity index (χ1v) is 8.04. The van der Waals surface area contributed by atoms with Crippen molar-refractivity contribution in [1.29, 1.82) is 0 Å². The van der Waals surface area contributed by atoms with Crippen molar-refractivity contribution >= 4 is 0 Å². The Morgan fingerprint density at radius 2 is 1.95 bits per heavy atom. The topological polar surface area (TPSA) is 15.3 Å². The van der Waals surface area contributed by atoms with Crippen LogP contribution in [0.15, 0.2) is 18.2 Å². The number of benzene rings is 1. The Hall–Kier alpha value is -1.00. The van der Waals surface area contributed by atoms with Crippen LogP contribution in [0, 0.1) is 17.6 Å². The Kier molecular flexibility index (Phi) is 6.12. The molecule has 118 valence electrons. The largest absolute Gasteiger partial charge is 0.310 e. The third-order valence-electron chi connectivity index (χ3n) is 4.42. The summed E-state index contributed by atoms with van der Waals surface area (Å²) in [5, 5.41) is 3.34. The van der Waals surface area contributed by atoms with E-state index in [0.29, 0.717) is 5.56 Å². The van der Waals surface area contributed by atoms with Crippen LogP contribution in [0.3, 0.4) is 0 Å². The monoisotopic (exact) mass is 296 g/mol. The molecule has 1 fully saturated rings. The summed E-state index contributed by atoms with van der Waals surface area (Å²) in [6.45, 7) is 8.34. The highest BCUT2D eigenvalue weighted by Gasteiger charge is 2.22. The first kappa shape index (κ1) is 16.4. The predicted molar refractivity (Wildman–Crippen MR) is 82.2 cm³/mol. The zero-order valence-corrected chi connectivity index (χ0v) is 13.0. The highest BCUT2D eigenvalue weighted by molar-refractivity contribution is 5.21. The lowest BCUT2D eigenvalue weighted by Crippen LogP contribution is -2.28. The highest BCUT2D eigenvalue weighted by atomic mass is 19.1. The van der Waals surface area contributed by atoms with Gasteiger partial charge in [0.2, 0.25) is 0 Å². The molecule has 2 atom stereocenters. The molecule has 0 bridgehead atoms. The molecule has 1 N–H and O–H groups in total. The highest BCUT2D eigenvalue weighted by Crippen LogP contribution is 2.23. The smallest absolute Gasteiger partial charge is 0.126 e. The number of nitrogens with zero attached hydrogens (tertiary/aromatic N) is 1. The maximum absolute atomic E-state index is 13.4. The number of hydrogen-bond acceptors (Lipinski definition) is 2. The number of likely N-dealkylation sites (tertiary alicyclic amines) is 1. The lowest BCUT2D eigenvalue weighted by molar-refractivity contribution is 0.298. The summed E-state index contributed by atoms with van der Waals surface area (Å²) in [6.07, 6.45) is 3.40. The Morgan fingerprint density at radius 3 is 2.52 bits per heavy atom. The zero-order valence-electron chi connectivity index (χ0n) is 13.0. The molecule has 2 nitrogen and oxygen atoms in total. The summed E-state index contributed by atoms with van der Waals surface area (Å²) >= 11 is 0. The second-order valence-electron chi connectivity index (χ2n) is 5.97. The van der Waals surface area contributed by atoms with E-state index in [1.807, 2.05) is 6.92 Å². The van der Waals surface area contributed by atoms with Crippen LogP contribution in [0.4, 0.5) is 8.78 Å². The molecule has 0 spiro atoms. The van der Waals surface area contributed by atoms with Crippen molar-refractivity contribution in [2.24, 2.45) is 5.92 Å². The number of halogens is 2. The van der Waals surface area contributed by atoms with Gasteiger partial charge in [-0.05, 0) is 56.1 Å². The van der Waals surface area contributed by atoms with Crippen LogP contribution < -0.4 is 5.32 Å². The van der Waals surface area contributed by atoms with Crippen molar-refractivity contribution < 1.29 is 8.78 Å². The van der Waals surface area contributed by atoms with Crippen LogP contribution in [-0.4, -0.2) is 31.1 Å². The van der Waals surface area contributed by atoms with Gasteiger partial charge in [-0.1, -0.05) is 20.3 Å². The van der Waals surface area contributed by atoms with Crippen molar-refractivity contribution in [3.63, 3.8) is 0 Å². The average molecular weight is 296 g/mol. The molecular weight excluding hydrogens is 270 g/mol. The van der Waals surface area contributed by atoms with Crippen LogP contribution >= 0.6 is 0 Å². The Morgan fingerprint density at radius 1 is 1.24 bits per heavy atom. The standard InChI is InChI=1S/C17H26F2N2/c1-3-13-5-7-21(12-13)8-6-17(20-4-2)14-9-15(18)11-16(19)10-14/h9-11,13,17,20H,3-8,12H2,1-2H3. The lowest BCUT2D eigenvalue weighted by atomic mass is 10.0. The molecule has 1 aliphatic rings. The van der Waals surface area contributed by atoms with Crippen LogP contribution in [0.25, 0.3) is 0 Å². The maximum atomic E-state index is 13.4. The molecule has 1 aliphatic heterocycles. The van der Waals surface area contributed by atoms with Crippen LogP contribution in [-0.2, 0) is 0 Å². The van der Waals surface area contributed by atoms with Gasteiger partial charge in [-0.3, -0.25) is 0 Å². The van der Waals surface area contributed by atoms with Crippen molar-refractivity contribution in [3.8, 4) is 0 Å². The van der Waals surface area contributed by atoms with Gasteiger partial charge in [-0.2, -0.15) is 0 Å². The molecule has 2 unspecified atom stereocenters. The minimum Gasteiger partial charge on any atom is -0.310 e. The van der Waals surface area contributed by atoms with Gasteiger partial charge < -0.3 is 10.2 Å². The summed E-state index contributed by atoms with van der Waals surface area (Å²) in [4.78, 5) is 2.47. The fraction of sp³-hybridized carbons (Fsp3) is 0.647. The molecule has 1 saturated heterocycles. The molecule has 4 heteroatoms. The van der Waals surface area contributed by atoms with Gasteiger partial charge in [0.15, 0.2) is 0 Å². The molecule has 0 saturated carbocycles. The van der Waals surface area contributed by atoms with Crippen molar-refractivity contribution in [2.75, 3.05) is 26.2 Å². The van der Waals surface area contributed by atoms with Crippen molar-refractivity contribution in [2.45, 2.75) is 39.2 Å². The number of nitrogens with one attached hydrogen (secondary N) is 1. The fourth-order valence-corrected chi connectivity index (χ4v) is 3.17. The van der Waals surface area contributed by atoms with Gasteiger partial charge in [0.05, 0.1) is 0 Å². The second kappa shape index (κ2) is 7.85. The summed E-state index contributed by atoms with van der Waals surface area (Å²) in [6, 6.07) is 3.82. The number of hydrogen-bond donors (Lipinski definition) is 1. The van der Waals surface area contributed by atoms with Gasteiger partial charge in [-0.25, -0.2) is 8.78 Å². The SMILES string of the molecule is CCNC(CCN1CCC(CC)C1)c1cc(F)cc(F)c1. The second-order valence-corrected chi connectivity index (χ2v) is 5.97. The molecule has 0 aliphatic carbocycles. The lowest BCUT2D eigenvalue weighted by Gasteiger charge is -2.22. The van der Waals surface area contributed by atoms with E-state index in [1.54, 1.807) is 0 Å². The van der Waals surface area contributed by atoms with Crippen LogP contribution in [0.5, 0.6) is 0 Å². The third kappa shape index (κ3) is 4.75. The summed E-state index contributed by atoms with van der Waals surface area (Å²) in [7, 11) is 0. The van der Waals surface area contributed by atoms with E-state index >= 15 is 0 Å². The maximum Gasteiger partial charge on any atom is 0.126 e. The van der Waals surface area contributed by atoms with Crippen molar-refractivity contribution in [1.82, 2.24) is 10.2 Å². The first-order valence-electron chi connectivity index (χ1n) is 8.04. The third-order valence-corrected chi connectivity index (χ3v) is 4.42. The van der Waals surface area contributed by atoms with E-state index in [4.69, 9.17) is 0 Å². The zero-order chi connectivity index (χ0) is 15.2. The molecule has 1 aromatic carbocycles. The normalized spacial score (nSPS) is 20.9. The van der Waals surface area contributed by atoms with Gasteiger partial charge in [0, 0.05) is 18.7 Å². The predicted octanol–water partition coefficient (Wildman–Crippen LogP) is 3.74. The molecule has 0 amide bonds. The number of rotatable bonds is 7. The molecule has 1 heterocycles. The molecule has 21 heavy (non-hydrogen) atoms. The van der Waals surface area contributed by atoms with Gasteiger partial charge in [0.25, 0.3) is 0 Å². The van der Waals surface area contributed by atoms with E-state index < -0.39 is 11.6 Å². The Labute approximate surface area is 126 Å². The molecular formula is C17H26F2N2. The minimum atomic E-state index is -0.500. The fourth-order valence-electron chi connectivity index (χ4n) is 3.17. The van der Waals surface area contributed by atoms with Gasteiger partial charge in [-0.15, -0.1) is 0 Å². The summed E-state index contributed by atoms with van der Waals surface area (Å²) in [5.41, 5.74) is 0.709. The van der Waals surface area contributed by atoms with Crippen molar-refractivity contribution in [3.05, 3.63) is 35.4 Å². The van der Waals surface area contributed by atoms with E-state index in [0.717, 1.165) is 44.6 Å². The molecule has 0 radical (unpaired) electrons. The minimum absolute atomic E-state index is 0.0147. The quantitative estimate of drug-likeness (QED) is 0.824. The van der Waals surface area contributed by atoms with E-state index in [9.17, 15) is 8.78 Å². The van der Waals surface area contributed by atoms with E-state index in [1.165, 1.54) is 25.0 Å². The molecule has 1 aromatic rings. The first-order chi connectivity index (χ1) is 10.1. The van der Waals surface area contributed by atoms with Gasteiger partial charge in [0.1, 0.15) is 11.6 Å². The van der Waals surface area contributed by atoms with Gasteiger partial charge >= 0.3 is 0 Å². The summed E-state index contributed by atoms with van der Waals surface area (Å²) in [5.74, 6) is -0.186. The Balaban J connectivity index is 1.95. The molecule has 2 rings (SSSR count). The average Bonchev–Trinajstić information content (AvgIpc) is 2.90. The summed E-state index contributed by atoms with van der Waals surface area (Å²) < 4.78 is 26.8.